The molecule has 4 rings (SSSR count). The van der Waals surface area contributed by atoms with Crippen LogP contribution in [-0.2, 0) is 4.74 Å². The Morgan fingerprint density at radius 1 is 1.16 bits per heavy atom. The zero-order chi connectivity index (χ0) is 17.4. The Morgan fingerprint density at radius 2 is 1.92 bits per heavy atom. The van der Waals surface area contributed by atoms with E-state index >= 15 is 0 Å². The molecule has 0 radical (unpaired) electrons. The topological polar surface area (TPSA) is 69.4 Å². The van der Waals surface area contributed by atoms with Gasteiger partial charge < -0.3 is 9.15 Å². The van der Waals surface area contributed by atoms with Gasteiger partial charge in [0.05, 0.1) is 10.2 Å². The molecule has 0 amide bonds. The summed E-state index contributed by atoms with van der Waals surface area (Å²) in [7, 11) is 0. The minimum Gasteiger partial charge on any atom is -0.451 e. The Bertz CT molecular complexity index is 1110. The zero-order valence-electron chi connectivity index (χ0n) is 13.3. The third-order valence-corrected chi connectivity index (χ3v) is 5.00. The highest BCUT2D eigenvalue weighted by molar-refractivity contribution is 7.18. The van der Waals surface area contributed by atoms with Crippen LogP contribution in [0, 0.1) is 0 Å². The zero-order valence-corrected chi connectivity index (χ0v) is 14.1. The molecule has 0 bridgehead atoms. The number of hydrogen-bond donors (Lipinski definition) is 0. The molecule has 0 N–H and O–H groups in total. The largest absolute Gasteiger partial charge is 0.451 e. The summed E-state index contributed by atoms with van der Waals surface area (Å²) in [6, 6.07) is 16.2. The average molecular weight is 351 g/mol. The fourth-order valence-corrected chi connectivity index (χ4v) is 3.49. The SMILES string of the molecule is C[C@@H](OC(=O)c1cc2ccccc2oc1=O)c1nc2ccccc2s1. The van der Waals surface area contributed by atoms with E-state index in [1.165, 1.54) is 17.4 Å². The molecule has 0 fully saturated rings. The standard InChI is InChI=1S/C19H13NO4S/c1-11(17-20-14-7-3-5-9-16(14)25-17)23-18(21)13-10-12-6-2-4-8-15(12)24-19(13)22/h2-11H,1H3/t11-/m1/s1. The molecular formula is C19H13NO4S. The number of para-hydroxylation sites is 2. The number of esters is 1. The quantitative estimate of drug-likeness (QED) is 0.406. The number of benzene rings is 2. The van der Waals surface area contributed by atoms with Crippen LogP contribution in [0.1, 0.15) is 28.4 Å². The highest BCUT2D eigenvalue weighted by atomic mass is 32.1. The lowest BCUT2D eigenvalue weighted by Gasteiger charge is -2.10. The number of aromatic nitrogens is 1. The summed E-state index contributed by atoms with van der Waals surface area (Å²) in [5, 5.41) is 1.35. The average Bonchev–Trinajstić information content (AvgIpc) is 3.05. The Labute approximate surface area is 146 Å². The Balaban J connectivity index is 1.63. The minimum absolute atomic E-state index is 0.119. The van der Waals surface area contributed by atoms with E-state index in [1.807, 2.05) is 24.3 Å². The number of nitrogens with zero attached hydrogens (tertiary/aromatic N) is 1. The second-order valence-electron chi connectivity index (χ2n) is 5.55. The van der Waals surface area contributed by atoms with Crippen LogP contribution in [0.4, 0.5) is 0 Å². The summed E-state index contributed by atoms with van der Waals surface area (Å²) in [4.78, 5) is 28.9. The van der Waals surface area contributed by atoms with Gasteiger partial charge in [-0.1, -0.05) is 30.3 Å². The Hall–Kier alpha value is -2.99. The van der Waals surface area contributed by atoms with E-state index in [0.29, 0.717) is 16.0 Å². The highest BCUT2D eigenvalue weighted by Gasteiger charge is 2.20. The Morgan fingerprint density at radius 3 is 2.76 bits per heavy atom. The molecule has 0 unspecified atom stereocenters. The number of carbonyl (C=O) groups is 1. The van der Waals surface area contributed by atoms with Gasteiger partial charge in [-0.2, -0.15) is 0 Å². The van der Waals surface area contributed by atoms with E-state index < -0.39 is 17.7 Å². The first-order valence-corrected chi connectivity index (χ1v) is 8.53. The predicted octanol–water partition coefficient (Wildman–Crippen LogP) is 4.32. The second-order valence-corrected chi connectivity index (χ2v) is 6.61. The first kappa shape index (κ1) is 15.5. The third-order valence-electron chi connectivity index (χ3n) is 3.80. The molecule has 2 aromatic heterocycles. The van der Waals surface area contributed by atoms with Crippen LogP contribution >= 0.6 is 11.3 Å². The lowest BCUT2D eigenvalue weighted by Crippen LogP contribution is -2.18. The van der Waals surface area contributed by atoms with Crippen LogP contribution in [0.15, 0.2) is 63.8 Å². The van der Waals surface area contributed by atoms with Gasteiger partial charge in [-0.25, -0.2) is 14.6 Å². The lowest BCUT2D eigenvalue weighted by atomic mass is 10.2. The maximum Gasteiger partial charge on any atom is 0.351 e. The molecule has 25 heavy (non-hydrogen) atoms. The maximum absolute atomic E-state index is 12.4. The van der Waals surface area contributed by atoms with Crippen molar-refractivity contribution in [3.63, 3.8) is 0 Å². The molecule has 1 atom stereocenters. The van der Waals surface area contributed by atoms with Gasteiger partial charge in [0.1, 0.15) is 16.2 Å². The van der Waals surface area contributed by atoms with Crippen LogP contribution in [0.2, 0.25) is 0 Å². The molecule has 4 aromatic rings. The molecule has 0 spiro atoms. The van der Waals surface area contributed by atoms with Crippen LogP contribution < -0.4 is 5.63 Å². The van der Waals surface area contributed by atoms with Crippen LogP contribution in [-0.4, -0.2) is 11.0 Å². The summed E-state index contributed by atoms with van der Waals surface area (Å²) in [6.45, 7) is 1.73. The molecule has 2 aromatic carbocycles. The van der Waals surface area contributed by atoms with E-state index in [1.54, 1.807) is 31.2 Å². The fourth-order valence-electron chi connectivity index (χ4n) is 2.54. The van der Waals surface area contributed by atoms with Crippen LogP contribution in [0.5, 0.6) is 0 Å². The van der Waals surface area contributed by atoms with Crippen molar-refractivity contribution in [1.82, 2.24) is 4.98 Å². The van der Waals surface area contributed by atoms with E-state index in [2.05, 4.69) is 4.98 Å². The summed E-state index contributed by atoms with van der Waals surface area (Å²) in [6.07, 6.45) is -0.559. The van der Waals surface area contributed by atoms with Crippen LogP contribution in [0.25, 0.3) is 21.2 Å². The first-order valence-electron chi connectivity index (χ1n) is 7.71. The molecule has 0 aliphatic rings. The van der Waals surface area contributed by atoms with Gasteiger partial charge in [-0.3, -0.25) is 0 Å². The number of hydrogen-bond acceptors (Lipinski definition) is 6. The van der Waals surface area contributed by atoms with E-state index in [-0.39, 0.29) is 5.56 Å². The van der Waals surface area contributed by atoms with Gasteiger partial charge >= 0.3 is 11.6 Å². The summed E-state index contributed by atoms with van der Waals surface area (Å²) >= 11 is 1.46. The van der Waals surface area contributed by atoms with Crippen molar-refractivity contribution in [2.24, 2.45) is 0 Å². The molecule has 2 heterocycles. The van der Waals surface area contributed by atoms with Gasteiger partial charge in [0, 0.05) is 5.39 Å². The van der Waals surface area contributed by atoms with Crippen molar-refractivity contribution in [3.8, 4) is 0 Å². The fraction of sp³-hybridized carbons (Fsp3) is 0.105. The summed E-state index contributed by atoms with van der Waals surface area (Å²) in [5.74, 6) is -0.716. The van der Waals surface area contributed by atoms with Crippen molar-refractivity contribution in [2.75, 3.05) is 0 Å². The van der Waals surface area contributed by atoms with Crippen molar-refractivity contribution in [3.05, 3.63) is 75.6 Å². The smallest absolute Gasteiger partial charge is 0.351 e. The number of fused-ring (bicyclic) bond motifs is 2. The summed E-state index contributed by atoms with van der Waals surface area (Å²) in [5.41, 5.74) is 0.464. The van der Waals surface area contributed by atoms with Crippen molar-refractivity contribution in [1.29, 1.82) is 0 Å². The number of rotatable bonds is 3. The number of carbonyl (C=O) groups excluding carboxylic acids is 1. The maximum atomic E-state index is 12.4. The molecular weight excluding hydrogens is 338 g/mol. The second kappa shape index (κ2) is 6.14. The lowest BCUT2D eigenvalue weighted by molar-refractivity contribution is 0.0333. The molecule has 0 saturated carbocycles. The van der Waals surface area contributed by atoms with E-state index in [4.69, 9.17) is 9.15 Å². The van der Waals surface area contributed by atoms with Gasteiger partial charge in [0.15, 0.2) is 6.10 Å². The van der Waals surface area contributed by atoms with Crippen molar-refractivity contribution in [2.45, 2.75) is 13.0 Å². The van der Waals surface area contributed by atoms with Gasteiger partial charge in [0.2, 0.25) is 0 Å². The van der Waals surface area contributed by atoms with Crippen LogP contribution in [0.3, 0.4) is 0 Å². The van der Waals surface area contributed by atoms with Crippen molar-refractivity contribution >= 4 is 38.5 Å². The predicted molar refractivity (Wildman–Crippen MR) is 95.9 cm³/mol. The van der Waals surface area contributed by atoms with Crippen molar-refractivity contribution < 1.29 is 13.9 Å². The number of thiazole rings is 1. The normalized spacial score (nSPS) is 12.4. The molecule has 0 saturated heterocycles. The number of ether oxygens (including phenoxy) is 1. The Kier molecular flexibility index (Phi) is 3.82. The van der Waals surface area contributed by atoms with Gasteiger partial charge in [-0.05, 0) is 31.2 Å². The minimum atomic E-state index is -0.716. The molecule has 0 aliphatic carbocycles. The molecule has 0 aliphatic heterocycles. The monoisotopic (exact) mass is 351 g/mol. The van der Waals surface area contributed by atoms with Gasteiger partial charge in [-0.15, -0.1) is 11.3 Å². The van der Waals surface area contributed by atoms with Gasteiger partial charge in [0.25, 0.3) is 0 Å². The van der Waals surface area contributed by atoms with E-state index in [0.717, 1.165) is 10.2 Å². The first-order chi connectivity index (χ1) is 12.1. The molecule has 5 nitrogen and oxygen atoms in total. The summed E-state index contributed by atoms with van der Waals surface area (Å²) < 4.78 is 11.6. The molecule has 6 heteroatoms. The van der Waals surface area contributed by atoms with E-state index in [9.17, 15) is 9.59 Å². The third kappa shape index (κ3) is 2.92. The highest BCUT2D eigenvalue weighted by Crippen LogP contribution is 2.28. The molecule has 124 valence electrons.